The normalized spacial score (nSPS) is 8.29. The molecule has 0 aliphatic carbocycles. The van der Waals surface area contributed by atoms with Crippen molar-refractivity contribution >= 4 is 40.6 Å². The molecule has 0 heterocycles. The maximum atomic E-state index is 10.4. The largest absolute Gasteiger partial charge is 0.299 e. The second-order valence-electron chi connectivity index (χ2n) is 1.87. The van der Waals surface area contributed by atoms with Crippen molar-refractivity contribution in [2.45, 2.75) is 0 Å². The minimum absolute atomic E-state index is 0. The fraction of sp³-hybridized carbons (Fsp3) is 0. The van der Waals surface area contributed by atoms with Crippen LogP contribution in [0.1, 0.15) is 10.4 Å². The zero-order chi connectivity index (χ0) is 10.3. The van der Waals surface area contributed by atoms with Crippen molar-refractivity contribution in [1.82, 2.24) is 0 Å². The van der Waals surface area contributed by atoms with Crippen molar-refractivity contribution < 1.29 is 18.1 Å². The van der Waals surface area contributed by atoms with Gasteiger partial charge in [0, 0.05) is 5.56 Å². The topological polar surface area (TPSA) is 74.6 Å². The Morgan fingerprint density at radius 2 is 1.57 bits per heavy atom. The average Bonchev–Trinajstić information content (AvgIpc) is 2.05. The molecule has 80 valence electrons. The summed E-state index contributed by atoms with van der Waals surface area (Å²) in [6, 6.07) is 8.74. The maximum absolute atomic E-state index is 10.4. The van der Waals surface area contributed by atoms with Gasteiger partial charge in [-0.2, -0.15) is 4.21 Å². The van der Waals surface area contributed by atoms with Crippen molar-refractivity contribution in [3.63, 3.8) is 0 Å². The van der Waals surface area contributed by atoms with Gasteiger partial charge in [0.1, 0.15) is 0 Å². The van der Waals surface area contributed by atoms with Crippen LogP contribution in [0.25, 0.3) is 0 Å². The summed E-state index contributed by atoms with van der Waals surface area (Å²) in [6.45, 7) is 0. The molecule has 0 saturated heterocycles. The van der Waals surface area contributed by atoms with Gasteiger partial charge in [0.2, 0.25) is 0 Å². The highest BCUT2D eigenvalue weighted by Gasteiger charge is 1.95. The van der Waals surface area contributed by atoms with E-state index in [1.165, 1.54) is 0 Å². The van der Waals surface area contributed by atoms with Crippen molar-refractivity contribution in [2.75, 3.05) is 0 Å². The summed E-state index contributed by atoms with van der Waals surface area (Å²) in [4.78, 5) is 10.4. The zero-order valence-electron chi connectivity index (χ0n) is 6.79. The Morgan fingerprint density at radius 3 is 1.79 bits per heavy atom. The van der Waals surface area contributed by atoms with Crippen molar-refractivity contribution in [1.29, 1.82) is 0 Å². The van der Waals surface area contributed by atoms with E-state index in [0.29, 0.717) is 5.56 Å². The highest BCUT2D eigenvalue weighted by Crippen LogP contribution is 2.01. The second-order valence-corrected chi connectivity index (χ2v) is 2.68. The van der Waals surface area contributed by atoms with E-state index < -0.39 is 16.6 Å². The van der Waals surface area contributed by atoms with E-state index in [0.717, 1.165) is 0 Å². The van der Waals surface area contributed by atoms with Gasteiger partial charge in [0.25, 0.3) is 16.6 Å². The van der Waals surface area contributed by atoms with Crippen LogP contribution in [0.2, 0.25) is 0 Å². The number of carbonyl (C=O) groups is 1. The summed E-state index contributed by atoms with van der Waals surface area (Å²) in [5, 5.41) is -0.407. The first-order valence-corrected chi connectivity index (χ1v) is 4.53. The van der Waals surface area contributed by atoms with Crippen LogP contribution in [0.3, 0.4) is 0 Å². The molecule has 4 nitrogen and oxygen atoms in total. The third kappa shape index (κ3) is 9.63. The molecule has 0 atom stereocenters. The van der Waals surface area contributed by atoms with Crippen LogP contribution < -0.4 is 0 Å². The second kappa shape index (κ2) is 9.11. The van der Waals surface area contributed by atoms with E-state index in [-0.39, 0.29) is 12.4 Å². The SMILES string of the molecule is Cl.O=C(Cl)c1ccccc1.O=S(O)O. The summed E-state index contributed by atoms with van der Waals surface area (Å²) in [6.07, 6.45) is 0. The molecule has 0 saturated carbocycles. The standard InChI is InChI=1S/C7H5ClO.ClH.H2O3S/c8-7(9)6-4-2-1-3-5-6;;1-4(2)3/h1-5H;1H;(H2,1,2,3). The number of rotatable bonds is 1. The highest BCUT2D eigenvalue weighted by atomic mass is 35.5. The van der Waals surface area contributed by atoms with Crippen LogP contribution in [-0.4, -0.2) is 18.6 Å². The van der Waals surface area contributed by atoms with Gasteiger partial charge in [-0.25, -0.2) is 0 Å². The Balaban J connectivity index is 0. The molecule has 7 heteroatoms. The first-order chi connectivity index (χ1) is 6.04. The number of halogens is 2. The molecular formula is C7H8Cl2O4S. The van der Waals surface area contributed by atoms with Gasteiger partial charge in [-0.3, -0.25) is 13.9 Å². The van der Waals surface area contributed by atoms with Gasteiger partial charge in [0.15, 0.2) is 0 Å². The van der Waals surface area contributed by atoms with Gasteiger partial charge in [0.05, 0.1) is 0 Å². The molecule has 0 radical (unpaired) electrons. The summed E-state index contributed by atoms with van der Waals surface area (Å²) in [5.74, 6) is 0. The monoisotopic (exact) mass is 258 g/mol. The summed E-state index contributed by atoms with van der Waals surface area (Å²) in [5.41, 5.74) is 0.541. The Kier molecular flexibility index (Phi) is 10.4. The third-order valence-electron chi connectivity index (χ3n) is 1.00. The molecule has 0 amide bonds. The fourth-order valence-electron chi connectivity index (χ4n) is 0.569. The lowest BCUT2D eigenvalue weighted by atomic mass is 10.2. The molecule has 1 aromatic rings. The van der Waals surface area contributed by atoms with Crippen molar-refractivity contribution in [2.24, 2.45) is 0 Å². The van der Waals surface area contributed by atoms with Gasteiger partial charge >= 0.3 is 0 Å². The van der Waals surface area contributed by atoms with Gasteiger partial charge in [-0.1, -0.05) is 30.3 Å². The van der Waals surface area contributed by atoms with Crippen LogP contribution in [0.4, 0.5) is 0 Å². The van der Waals surface area contributed by atoms with Crippen LogP contribution in [-0.2, 0) is 11.4 Å². The van der Waals surface area contributed by atoms with Crippen LogP contribution >= 0.6 is 24.0 Å². The molecule has 0 unspecified atom stereocenters. The van der Waals surface area contributed by atoms with Gasteiger partial charge < -0.3 is 0 Å². The van der Waals surface area contributed by atoms with E-state index in [1.54, 1.807) is 24.3 Å². The first kappa shape index (κ1) is 16.0. The molecule has 0 fully saturated rings. The van der Waals surface area contributed by atoms with Crippen LogP contribution in [0.15, 0.2) is 30.3 Å². The molecule has 0 bridgehead atoms. The molecule has 0 aromatic heterocycles. The lowest BCUT2D eigenvalue weighted by molar-refractivity contribution is 0.108. The molecule has 0 spiro atoms. The van der Waals surface area contributed by atoms with E-state index in [9.17, 15) is 4.79 Å². The highest BCUT2D eigenvalue weighted by molar-refractivity contribution is 7.73. The van der Waals surface area contributed by atoms with Gasteiger partial charge in [-0.05, 0) is 11.6 Å². The van der Waals surface area contributed by atoms with Crippen LogP contribution in [0.5, 0.6) is 0 Å². The van der Waals surface area contributed by atoms with Crippen molar-refractivity contribution in [3.8, 4) is 0 Å². The quantitative estimate of drug-likeness (QED) is 0.598. The average molecular weight is 259 g/mol. The molecule has 0 aliphatic rings. The maximum Gasteiger partial charge on any atom is 0.299 e. The predicted octanol–water partition coefficient (Wildman–Crippen LogP) is 2.17. The molecule has 1 rings (SSSR count). The zero-order valence-corrected chi connectivity index (χ0v) is 9.18. The lowest BCUT2D eigenvalue weighted by Crippen LogP contribution is -1.84. The molecule has 2 N–H and O–H groups in total. The number of benzene rings is 1. The van der Waals surface area contributed by atoms with Crippen molar-refractivity contribution in [3.05, 3.63) is 35.9 Å². The van der Waals surface area contributed by atoms with Crippen LogP contribution in [0, 0.1) is 0 Å². The minimum atomic E-state index is -2.61. The Labute approximate surface area is 94.8 Å². The predicted molar refractivity (Wildman–Crippen MR) is 57.3 cm³/mol. The summed E-state index contributed by atoms with van der Waals surface area (Å²) in [7, 11) is 0. The summed E-state index contributed by atoms with van der Waals surface area (Å²) < 4.78 is 22.8. The fourth-order valence-corrected chi connectivity index (χ4v) is 0.695. The van der Waals surface area contributed by atoms with Gasteiger partial charge in [-0.15, -0.1) is 12.4 Å². The minimum Gasteiger partial charge on any atom is -0.284 e. The van der Waals surface area contributed by atoms with E-state index in [4.69, 9.17) is 24.9 Å². The molecular weight excluding hydrogens is 251 g/mol. The number of hydrogen-bond donors (Lipinski definition) is 2. The number of carbonyl (C=O) groups excluding carboxylic acids is 1. The van der Waals surface area contributed by atoms with E-state index >= 15 is 0 Å². The summed E-state index contributed by atoms with van der Waals surface area (Å²) >= 11 is 2.55. The third-order valence-corrected chi connectivity index (χ3v) is 1.22. The first-order valence-electron chi connectivity index (χ1n) is 3.09. The Bertz CT molecular complexity index is 287. The Morgan fingerprint density at radius 1 is 1.21 bits per heavy atom. The number of hydrogen-bond acceptors (Lipinski definition) is 2. The molecule has 1 aromatic carbocycles. The van der Waals surface area contributed by atoms with E-state index in [1.807, 2.05) is 6.07 Å². The molecule has 0 aliphatic heterocycles. The smallest absolute Gasteiger partial charge is 0.284 e. The molecule has 14 heavy (non-hydrogen) atoms. The lowest BCUT2D eigenvalue weighted by Gasteiger charge is -1.87. The van der Waals surface area contributed by atoms with E-state index in [2.05, 4.69) is 0 Å². The Hall–Kier alpha value is -0.460.